The Morgan fingerprint density at radius 2 is 2.25 bits per heavy atom. The van der Waals surface area contributed by atoms with Gasteiger partial charge < -0.3 is 14.7 Å². The van der Waals surface area contributed by atoms with Crippen molar-refractivity contribution in [2.45, 2.75) is 19.3 Å². The van der Waals surface area contributed by atoms with Crippen LogP contribution >= 0.6 is 7.82 Å². The molecule has 1 aliphatic heterocycles. The van der Waals surface area contributed by atoms with Gasteiger partial charge in [0.05, 0.1) is 0 Å². The zero-order valence-electron chi connectivity index (χ0n) is 11.7. The Morgan fingerprint density at radius 1 is 1.50 bits per heavy atom. The summed E-state index contributed by atoms with van der Waals surface area (Å²) in [6.07, 6.45) is 0.922. The summed E-state index contributed by atoms with van der Waals surface area (Å²) in [5.74, 6) is 0.492. The van der Waals surface area contributed by atoms with Gasteiger partial charge in [-0.05, 0) is 38.7 Å². The van der Waals surface area contributed by atoms with Crippen molar-refractivity contribution in [1.82, 2.24) is 4.90 Å². The highest BCUT2D eigenvalue weighted by atomic mass is 31.2. The van der Waals surface area contributed by atoms with Crippen molar-refractivity contribution >= 4 is 13.5 Å². The van der Waals surface area contributed by atoms with E-state index >= 15 is 0 Å². The first-order chi connectivity index (χ1) is 9.40. The van der Waals surface area contributed by atoms with Crippen LogP contribution in [0.3, 0.4) is 0 Å². The third-order valence-corrected chi connectivity index (χ3v) is 4.06. The van der Waals surface area contributed by atoms with E-state index in [1.54, 1.807) is 12.1 Å². The molecule has 0 spiro atoms. The van der Waals surface area contributed by atoms with Crippen LogP contribution in [-0.2, 0) is 4.57 Å². The first-order valence-electron chi connectivity index (χ1n) is 6.71. The number of phosphoric acid groups is 1. The van der Waals surface area contributed by atoms with E-state index in [0.717, 1.165) is 37.3 Å². The van der Waals surface area contributed by atoms with Crippen LogP contribution in [0.5, 0.6) is 5.75 Å². The highest BCUT2D eigenvalue weighted by Crippen LogP contribution is 2.46. The molecule has 1 atom stereocenters. The molecule has 0 radical (unpaired) electrons. The van der Waals surface area contributed by atoms with Crippen molar-refractivity contribution in [2.24, 2.45) is 0 Å². The molecule has 0 fully saturated rings. The topological polar surface area (TPSA) is 82.0 Å². The number of anilines is 1. The fourth-order valence-corrected chi connectivity index (χ4v) is 2.86. The number of hydrogen-bond donors (Lipinski definition) is 3. The second-order valence-electron chi connectivity index (χ2n) is 5.06. The van der Waals surface area contributed by atoms with Gasteiger partial charge >= 0.3 is 7.82 Å². The number of phosphoric ester groups is 1. The zero-order chi connectivity index (χ0) is 14.8. The van der Waals surface area contributed by atoms with Crippen molar-refractivity contribution < 1.29 is 18.9 Å². The summed E-state index contributed by atoms with van der Waals surface area (Å²) in [5, 5.41) is 3.27. The number of fused-ring (bicyclic) bond motifs is 1. The van der Waals surface area contributed by atoms with Gasteiger partial charge in [-0.3, -0.25) is 9.79 Å². The molecule has 0 saturated heterocycles. The first kappa shape index (κ1) is 15.3. The summed E-state index contributed by atoms with van der Waals surface area (Å²) in [5.41, 5.74) is 1.78. The maximum Gasteiger partial charge on any atom is 0.524 e. The molecule has 3 N–H and O–H groups in total. The average Bonchev–Trinajstić information content (AvgIpc) is 2.78. The van der Waals surface area contributed by atoms with Crippen LogP contribution in [0.15, 0.2) is 18.2 Å². The summed E-state index contributed by atoms with van der Waals surface area (Å²) in [4.78, 5) is 20.2. The van der Waals surface area contributed by atoms with Crippen molar-refractivity contribution in [3.8, 4) is 5.75 Å². The Kier molecular flexibility index (Phi) is 4.70. The summed E-state index contributed by atoms with van der Waals surface area (Å²) in [7, 11) is -2.47. The lowest BCUT2D eigenvalue weighted by Gasteiger charge is -2.19. The van der Waals surface area contributed by atoms with E-state index in [4.69, 9.17) is 14.3 Å². The highest BCUT2D eigenvalue weighted by molar-refractivity contribution is 7.46. The molecule has 2 rings (SSSR count). The largest absolute Gasteiger partial charge is 0.524 e. The summed E-state index contributed by atoms with van der Waals surface area (Å²) < 4.78 is 15.9. The van der Waals surface area contributed by atoms with E-state index in [-0.39, 0.29) is 11.7 Å². The maximum absolute atomic E-state index is 11.1. The molecule has 6 nitrogen and oxygen atoms in total. The van der Waals surface area contributed by atoms with Crippen LogP contribution in [-0.4, -0.2) is 41.4 Å². The van der Waals surface area contributed by atoms with Crippen molar-refractivity contribution in [3.63, 3.8) is 0 Å². The van der Waals surface area contributed by atoms with E-state index in [1.165, 1.54) is 0 Å². The predicted octanol–water partition coefficient (Wildman–Crippen LogP) is 2.01. The molecule has 112 valence electrons. The molecule has 1 aromatic rings. The van der Waals surface area contributed by atoms with Gasteiger partial charge in [0.25, 0.3) is 0 Å². The van der Waals surface area contributed by atoms with Crippen LogP contribution in [0.2, 0.25) is 0 Å². The minimum Gasteiger partial charge on any atom is -0.404 e. The fraction of sp³-hybridized carbons (Fsp3) is 0.538. The quantitative estimate of drug-likeness (QED) is 0.697. The van der Waals surface area contributed by atoms with E-state index < -0.39 is 7.82 Å². The number of rotatable bonds is 6. The summed E-state index contributed by atoms with van der Waals surface area (Å²) >= 11 is 0. The molecule has 1 heterocycles. The van der Waals surface area contributed by atoms with Crippen molar-refractivity contribution in [1.29, 1.82) is 0 Å². The van der Waals surface area contributed by atoms with Crippen LogP contribution < -0.4 is 9.84 Å². The van der Waals surface area contributed by atoms with Crippen LogP contribution in [0.1, 0.15) is 24.8 Å². The Balaban J connectivity index is 2.18. The van der Waals surface area contributed by atoms with Gasteiger partial charge in [0.2, 0.25) is 0 Å². The number of hydrogen-bond acceptors (Lipinski definition) is 4. The standard InChI is InChI=1S/C13H21N2O4P/c1-3-15(2)8-7-10-9-14-11-5-4-6-12(13(10)11)19-20(16,17)18/h4-6,10,14H,3,7-9H2,1-2H3,(H2,16,17,18). The van der Waals surface area contributed by atoms with Gasteiger partial charge in [0, 0.05) is 23.7 Å². The zero-order valence-corrected chi connectivity index (χ0v) is 12.6. The minimum atomic E-state index is -4.53. The van der Waals surface area contributed by atoms with E-state index in [2.05, 4.69) is 24.2 Å². The molecular weight excluding hydrogens is 279 g/mol. The lowest BCUT2D eigenvalue weighted by Crippen LogP contribution is -2.21. The van der Waals surface area contributed by atoms with Gasteiger partial charge in [-0.15, -0.1) is 0 Å². The number of benzene rings is 1. The molecular formula is C13H21N2O4P. The smallest absolute Gasteiger partial charge is 0.404 e. The second kappa shape index (κ2) is 6.14. The molecule has 0 saturated carbocycles. The molecule has 0 bridgehead atoms. The monoisotopic (exact) mass is 300 g/mol. The third kappa shape index (κ3) is 3.73. The molecule has 0 amide bonds. The fourth-order valence-electron chi connectivity index (χ4n) is 2.44. The lowest BCUT2D eigenvalue weighted by atomic mass is 9.97. The number of nitrogens with one attached hydrogen (secondary N) is 1. The predicted molar refractivity (Wildman–Crippen MR) is 78.1 cm³/mol. The molecule has 0 aliphatic carbocycles. The van der Waals surface area contributed by atoms with Gasteiger partial charge in [-0.2, -0.15) is 0 Å². The lowest BCUT2D eigenvalue weighted by molar-refractivity contribution is 0.281. The van der Waals surface area contributed by atoms with Crippen LogP contribution in [0.25, 0.3) is 0 Å². The summed E-state index contributed by atoms with van der Waals surface area (Å²) in [6.45, 7) is 4.79. The minimum absolute atomic E-state index is 0.210. The van der Waals surface area contributed by atoms with Gasteiger partial charge in [-0.1, -0.05) is 13.0 Å². The van der Waals surface area contributed by atoms with Crippen molar-refractivity contribution in [3.05, 3.63) is 23.8 Å². The number of nitrogens with zero attached hydrogens (tertiary/aromatic N) is 1. The van der Waals surface area contributed by atoms with Gasteiger partial charge in [0.15, 0.2) is 0 Å². The van der Waals surface area contributed by atoms with Gasteiger partial charge in [0.1, 0.15) is 5.75 Å². The Bertz CT molecular complexity index is 517. The van der Waals surface area contributed by atoms with Gasteiger partial charge in [-0.25, -0.2) is 4.57 Å². The molecule has 7 heteroatoms. The molecule has 1 aromatic carbocycles. The normalized spacial score (nSPS) is 17.9. The van der Waals surface area contributed by atoms with Crippen LogP contribution in [0.4, 0.5) is 5.69 Å². The third-order valence-electron chi connectivity index (χ3n) is 3.63. The first-order valence-corrected chi connectivity index (χ1v) is 8.24. The van der Waals surface area contributed by atoms with E-state index in [0.29, 0.717) is 0 Å². The van der Waals surface area contributed by atoms with Crippen LogP contribution in [0, 0.1) is 0 Å². The molecule has 0 aromatic heterocycles. The Hall–Kier alpha value is -1.07. The van der Waals surface area contributed by atoms with E-state index in [1.807, 2.05) is 6.07 Å². The average molecular weight is 300 g/mol. The van der Waals surface area contributed by atoms with E-state index in [9.17, 15) is 4.57 Å². The second-order valence-corrected chi connectivity index (χ2v) is 6.23. The SMILES string of the molecule is CCN(C)CCC1CNc2cccc(OP(=O)(O)O)c21. The Labute approximate surface area is 119 Å². The van der Waals surface area contributed by atoms with Crippen molar-refractivity contribution in [2.75, 3.05) is 32.0 Å². The molecule has 1 unspecified atom stereocenters. The Morgan fingerprint density at radius 3 is 2.90 bits per heavy atom. The highest BCUT2D eigenvalue weighted by Gasteiger charge is 2.28. The maximum atomic E-state index is 11.1. The molecule has 20 heavy (non-hydrogen) atoms. The summed E-state index contributed by atoms with van der Waals surface area (Å²) in [6, 6.07) is 5.25. The molecule has 1 aliphatic rings.